The first kappa shape index (κ1) is 16.6. The van der Waals surface area contributed by atoms with Gasteiger partial charge in [-0.1, -0.05) is 19.8 Å². The molecule has 0 aliphatic heterocycles. The zero-order valence-electron chi connectivity index (χ0n) is 11.6. The summed E-state index contributed by atoms with van der Waals surface area (Å²) in [7, 11) is -2.52. The molecule has 0 atom stereocenters. The van der Waals surface area contributed by atoms with Gasteiger partial charge in [0.25, 0.3) is 5.91 Å². The minimum absolute atomic E-state index is 0.230. The zero-order valence-corrected chi connectivity index (χ0v) is 12.4. The fourth-order valence-corrected chi connectivity index (χ4v) is 2.53. The molecule has 0 aromatic heterocycles. The summed E-state index contributed by atoms with van der Waals surface area (Å²) in [4.78, 5) is 13.2. The first-order valence-corrected chi connectivity index (χ1v) is 7.89. The molecule has 0 spiro atoms. The number of hydrogen-bond donors (Lipinski definition) is 1. The van der Waals surface area contributed by atoms with Gasteiger partial charge < -0.3 is 4.90 Å². The molecule has 7 heteroatoms. The molecule has 0 bridgehead atoms. The van der Waals surface area contributed by atoms with Crippen LogP contribution in [-0.4, -0.2) is 32.8 Å². The molecule has 0 fully saturated rings. The molecule has 20 heavy (non-hydrogen) atoms. The first-order chi connectivity index (χ1) is 9.27. The lowest BCUT2D eigenvalue weighted by Gasteiger charge is -2.18. The number of primary sulfonamides is 1. The fraction of sp³-hybridized carbons (Fsp3) is 0.462. The van der Waals surface area contributed by atoms with Gasteiger partial charge in [0.1, 0.15) is 5.82 Å². The summed E-state index contributed by atoms with van der Waals surface area (Å²) >= 11 is 0. The van der Waals surface area contributed by atoms with E-state index in [0.717, 1.165) is 37.5 Å². The van der Waals surface area contributed by atoms with Crippen molar-refractivity contribution in [3.8, 4) is 0 Å². The molecule has 112 valence electrons. The van der Waals surface area contributed by atoms with Crippen LogP contribution >= 0.6 is 0 Å². The Hall–Kier alpha value is -1.47. The van der Waals surface area contributed by atoms with Crippen LogP contribution in [0.4, 0.5) is 4.39 Å². The predicted molar refractivity (Wildman–Crippen MR) is 74.3 cm³/mol. The SMILES string of the molecule is CCCCCN(C)C(=O)c1cc(F)ccc1S(N)(=O)=O. The number of carbonyl (C=O) groups excluding carboxylic acids is 1. The molecule has 1 aromatic rings. The summed E-state index contributed by atoms with van der Waals surface area (Å²) in [5, 5.41) is 5.05. The molecule has 2 N–H and O–H groups in total. The molecule has 0 saturated carbocycles. The number of amides is 1. The van der Waals surface area contributed by atoms with Crippen LogP contribution in [0.3, 0.4) is 0 Å². The summed E-state index contributed by atoms with van der Waals surface area (Å²) in [5.41, 5.74) is -0.230. The summed E-state index contributed by atoms with van der Waals surface area (Å²) in [6.45, 7) is 2.51. The van der Waals surface area contributed by atoms with Gasteiger partial charge in [-0.15, -0.1) is 0 Å². The van der Waals surface area contributed by atoms with Gasteiger partial charge in [-0.25, -0.2) is 17.9 Å². The number of carbonyl (C=O) groups is 1. The third kappa shape index (κ3) is 4.28. The molecule has 0 unspecified atom stereocenters. The van der Waals surface area contributed by atoms with Crippen molar-refractivity contribution in [3.63, 3.8) is 0 Å². The molecular weight excluding hydrogens is 283 g/mol. The molecule has 1 amide bonds. The minimum Gasteiger partial charge on any atom is -0.342 e. The number of unbranched alkanes of at least 4 members (excludes halogenated alkanes) is 2. The lowest BCUT2D eigenvalue weighted by atomic mass is 10.2. The Morgan fingerprint density at radius 1 is 1.35 bits per heavy atom. The minimum atomic E-state index is -4.07. The normalized spacial score (nSPS) is 11.4. The lowest BCUT2D eigenvalue weighted by molar-refractivity contribution is 0.0788. The quantitative estimate of drug-likeness (QED) is 0.813. The van der Waals surface area contributed by atoms with Gasteiger partial charge in [-0.3, -0.25) is 4.79 Å². The lowest BCUT2D eigenvalue weighted by Crippen LogP contribution is -2.30. The first-order valence-electron chi connectivity index (χ1n) is 6.35. The van der Waals surface area contributed by atoms with Crippen molar-refractivity contribution >= 4 is 15.9 Å². The molecule has 1 rings (SSSR count). The molecule has 0 heterocycles. The molecule has 0 aliphatic rings. The van der Waals surface area contributed by atoms with Crippen LogP contribution in [-0.2, 0) is 10.0 Å². The van der Waals surface area contributed by atoms with Crippen LogP contribution in [0.2, 0.25) is 0 Å². The van der Waals surface area contributed by atoms with Crippen molar-refractivity contribution < 1.29 is 17.6 Å². The molecule has 5 nitrogen and oxygen atoms in total. The molecule has 0 radical (unpaired) electrons. The molecule has 1 aromatic carbocycles. The summed E-state index contributed by atoms with van der Waals surface area (Å²) < 4.78 is 36.1. The number of nitrogens with two attached hydrogens (primary N) is 1. The smallest absolute Gasteiger partial charge is 0.255 e. The zero-order chi connectivity index (χ0) is 15.3. The molecule has 0 saturated heterocycles. The van der Waals surface area contributed by atoms with Gasteiger partial charge in [0, 0.05) is 13.6 Å². The van der Waals surface area contributed by atoms with E-state index in [9.17, 15) is 17.6 Å². The van der Waals surface area contributed by atoms with E-state index in [1.165, 1.54) is 4.90 Å². The third-order valence-electron chi connectivity index (χ3n) is 2.92. The van der Waals surface area contributed by atoms with Crippen molar-refractivity contribution in [2.45, 2.75) is 31.1 Å². The van der Waals surface area contributed by atoms with E-state index < -0.39 is 21.7 Å². The van der Waals surface area contributed by atoms with Gasteiger partial charge in [0.2, 0.25) is 10.0 Å². The summed E-state index contributed by atoms with van der Waals surface area (Å²) in [6, 6.07) is 2.88. The van der Waals surface area contributed by atoms with E-state index in [0.29, 0.717) is 6.54 Å². The second-order valence-corrected chi connectivity index (χ2v) is 6.15. The Balaban J connectivity index is 3.06. The fourth-order valence-electron chi connectivity index (χ4n) is 1.82. The highest BCUT2D eigenvalue weighted by molar-refractivity contribution is 7.89. The number of benzene rings is 1. The standard InChI is InChI=1S/C13H19FN2O3S/c1-3-4-5-8-16(2)13(17)11-9-10(14)6-7-12(11)20(15,18)19/h6-7,9H,3-5,8H2,1-2H3,(H2,15,18,19). The van der Waals surface area contributed by atoms with Crippen molar-refractivity contribution in [2.24, 2.45) is 5.14 Å². The van der Waals surface area contributed by atoms with E-state index in [-0.39, 0.29) is 10.5 Å². The van der Waals surface area contributed by atoms with Crippen LogP contribution in [0.15, 0.2) is 23.1 Å². The highest BCUT2D eigenvalue weighted by atomic mass is 32.2. The number of sulfonamides is 1. The van der Waals surface area contributed by atoms with E-state index >= 15 is 0 Å². The highest BCUT2D eigenvalue weighted by Gasteiger charge is 2.22. The van der Waals surface area contributed by atoms with Crippen LogP contribution < -0.4 is 5.14 Å². The summed E-state index contributed by atoms with van der Waals surface area (Å²) in [6.07, 6.45) is 2.77. The van der Waals surface area contributed by atoms with Crippen molar-refractivity contribution in [2.75, 3.05) is 13.6 Å². The Morgan fingerprint density at radius 3 is 2.55 bits per heavy atom. The van der Waals surface area contributed by atoms with E-state index in [2.05, 4.69) is 0 Å². The second kappa shape index (κ2) is 6.81. The second-order valence-electron chi connectivity index (χ2n) is 4.62. The van der Waals surface area contributed by atoms with Crippen molar-refractivity contribution in [3.05, 3.63) is 29.6 Å². The molecule has 0 aliphatic carbocycles. The van der Waals surface area contributed by atoms with Gasteiger partial charge in [0.05, 0.1) is 10.5 Å². The largest absolute Gasteiger partial charge is 0.342 e. The predicted octanol–water partition coefficient (Wildman–Crippen LogP) is 1.74. The number of hydrogen-bond acceptors (Lipinski definition) is 3. The van der Waals surface area contributed by atoms with Crippen molar-refractivity contribution in [1.29, 1.82) is 0 Å². The third-order valence-corrected chi connectivity index (χ3v) is 3.89. The van der Waals surface area contributed by atoms with Gasteiger partial charge in [-0.05, 0) is 24.6 Å². The highest BCUT2D eigenvalue weighted by Crippen LogP contribution is 2.17. The monoisotopic (exact) mass is 302 g/mol. The maximum atomic E-state index is 13.3. The Labute approximate surface area is 118 Å². The van der Waals surface area contributed by atoms with Gasteiger partial charge >= 0.3 is 0 Å². The summed E-state index contributed by atoms with van der Waals surface area (Å²) in [5.74, 6) is -1.23. The number of halogens is 1. The van der Waals surface area contributed by atoms with Crippen LogP contribution in [0, 0.1) is 5.82 Å². The van der Waals surface area contributed by atoms with E-state index in [1.54, 1.807) is 7.05 Å². The number of rotatable bonds is 6. The Bertz CT molecular complexity index is 587. The maximum Gasteiger partial charge on any atom is 0.255 e. The van der Waals surface area contributed by atoms with Crippen LogP contribution in [0.25, 0.3) is 0 Å². The Morgan fingerprint density at radius 2 is 2.00 bits per heavy atom. The Kier molecular flexibility index (Phi) is 5.64. The van der Waals surface area contributed by atoms with Crippen LogP contribution in [0.5, 0.6) is 0 Å². The van der Waals surface area contributed by atoms with E-state index in [1.807, 2.05) is 6.92 Å². The van der Waals surface area contributed by atoms with Crippen molar-refractivity contribution in [1.82, 2.24) is 4.90 Å². The topological polar surface area (TPSA) is 80.5 Å². The van der Waals surface area contributed by atoms with Gasteiger partial charge in [0.15, 0.2) is 0 Å². The molecular formula is C13H19FN2O3S. The van der Waals surface area contributed by atoms with E-state index in [4.69, 9.17) is 5.14 Å². The number of nitrogens with zero attached hydrogens (tertiary/aromatic N) is 1. The van der Waals surface area contributed by atoms with Gasteiger partial charge in [-0.2, -0.15) is 0 Å². The average Bonchev–Trinajstić information content (AvgIpc) is 2.36. The average molecular weight is 302 g/mol. The maximum absolute atomic E-state index is 13.3. The van der Waals surface area contributed by atoms with Crippen LogP contribution in [0.1, 0.15) is 36.5 Å².